The van der Waals surface area contributed by atoms with Gasteiger partial charge in [0.25, 0.3) is 0 Å². The third-order valence-corrected chi connectivity index (χ3v) is 3.76. The van der Waals surface area contributed by atoms with E-state index in [1.165, 1.54) is 0 Å². The Kier molecular flexibility index (Phi) is 6.40. The molecule has 0 bridgehead atoms. The Morgan fingerprint density at radius 3 is 2.83 bits per heavy atom. The van der Waals surface area contributed by atoms with Crippen LogP contribution in [0.3, 0.4) is 0 Å². The topological polar surface area (TPSA) is 61.2 Å². The summed E-state index contributed by atoms with van der Waals surface area (Å²) in [6.07, 6.45) is 3.84. The molecule has 2 rings (SSSR count). The summed E-state index contributed by atoms with van der Waals surface area (Å²) in [6.45, 7) is 5.59. The van der Waals surface area contributed by atoms with Crippen molar-refractivity contribution in [3.8, 4) is 11.5 Å². The minimum atomic E-state index is 0.0946. The van der Waals surface area contributed by atoms with Crippen molar-refractivity contribution in [2.45, 2.75) is 39.3 Å². The molecule has 1 heterocycles. The first-order valence-electron chi connectivity index (χ1n) is 8.03. The zero-order valence-electron chi connectivity index (χ0n) is 14.4. The van der Waals surface area contributed by atoms with Crippen LogP contribution in [0.15, 0.2) is 24.5 Å². The number of methoxy groups -OCH3 is 1. The molecular formula is C17H26N4O2. The Morgan fingerprint density at radius 1 is 1.35 bits per heavy atom. The fourth-order valence-electron chi connectivity index (χ4n) is 2.38. The Bertz CT molecular complexity index is 612. The van der Waals surface area contributed by atoms with E-state index in [0.29, 0.717) is 13.2 Å². The second-order valence-electron chi connectivity index (χ2n) is 5.55. The number of rotatable bonds is 9. The van der Waals surface area contributed by atoms with Gasteiger partial charge >= 0.3 is 0 Å². The normalized spacial score (nSPS) is 12.2. The van der Waals surface area contributed by atoms with Gasteiger partial charge in [0.1, 0.15) is 12.2 Å². The molecule has 0 saturated heterocycles. The van der Waals surface area contributed by atoms with Gasteiger partial charge in [0.15, 0.2) is 11.5 Å². The smallest absolute Gasteiger partial charge is 0.165 e. The van der Waals surface area contributed by atoms with Crippen LogP contribution in [0.2, 0.25) is 0 Å². The quantitative estimate of drug-likeness (QED) is 0.720. The van der Waals surface area contributed by atoms with Crippen LogP contribution in [0.5, 0.6) is 11.5 Å². The van der Waals surface area contributed by atoms with Crippen LogP contribution in [-0.2, 0) is 13.6 Å². The summed E-state index contributed by atoms with van der Waals surface area (Å²) in [4.78, 5) is 0. The highest BCUT2D eigenvalue weighted by Crippen LogP contribution is 2.31. The van der Waals surface area contributed by atoms with Crippen molar-refractivity contribution in [1.29, 1.82) is 0 Å². The lowest BCUT2D eigenvalue weighted by Crippen LogP contribution is -2.21. The van der Waals surface area contributed by atoms with Crippen LogP contribution < -0.4 is 14.8 Å². The van der Waals surface area contributed by atoms with Gasteiger partial charge in [-0.05, 0) is 19.4 Å². The van der Waals surface area contributed by atoms with Gasteiger partial charge in [0.05, 0.1) is 19.8 Å². The Hall–Kier alpha value is -2.08. The Labute approximate surface area is 137 Å². The number of para-hydroxylation sites is 1. The van der Waals surface area contributed by atoms with E-state index in [4.69, 9.17) is 9.47 Å². The van der Waals surface area contributed by atoms with Gasteiger partial charge in [-0.15, -0.1) is 10.2 Å². The summed E-state index contributed by atoms with van der Waals surface area (Å²) in [5, 5.41) is 11.5. The molecule has 1 aromatic carbocycles. The fraction of sp³-hybridized carbons (Fsp3) is 0.529. The molecule has 0 aliphatic carbocycles. The highest BCUT2D eigenvalue weighted by Gasteiger charge is 2.14. The lowest BCUT2D eigenvalue weighted by molar-refractivity contribution is 0.284. The molecule has 126 valence electrons. The van der Waals surface area contributed by atoms with Gasteiger partial charge in [-0.3, -0.25) is 0 Å². The van der Waals surface area contributed by atoms with Crippen LogP contribution in [0, 0.1) is 0 Å². The highest BCUT2D eigenvalue weighted by atomic mass is 16.5. The van der Waals surface area contributed by atoms with Gasteiger partial charge in [-0.1, -0.05) is 25.5 Å². The second kappa shape index (κ2) is 8.53. The number of nitrogens with one attached hydrogen (secondary N) is 1. The molecule has 1 atom stereocenters. The first kappa shape index (κ1) is 17.3. The molecule has 6 heteroatoms. The second-order valence-corrected chi connectivity index (χ2v) is 5.55. The molecule has 0 spiro atoms. The van der Waals surface area contributed by atoms with Gasteiger partial charge in [-0.25, -0.2) is 0 Å². The Balaban J connectivity index is 2.07. The zero-order chi connectivity index (χ0) is 16.7. The molecule has 0 fully saturated rings. The monoisotopic (exact) mass is 318 g/mol. The predicted molar refractivity (Wildman–Crippen MR) is 89.7 cm³/mol. The van der Waals surface area contributed by atoms with Crippen LogP contribution >= 0.6 is 0 Å². The van der Waals surface area contributed by atoms with E-state index < -0.39 is 0 Å². The third-order valence-electron chi connectivity index (χ3n) is 3.76. The van der Waals surface area contributed by atoms with E-state index in [-0.39, 0.29) is 6.04 Å². The molecular weight excluding hydrogens is 292 g/mol. The molecule has 0 saturated carbocycles. The molecule has 0 unspecified atom stereocenters. The number of aromatic nitrogens is 3. The van der Waals surface area contributed by atoms with E-state index in [1.54, 1.807) is 13.4 Å². The Morgan fingerprint density at radius 2 is 2.17 bits per heavy atom. The maximum absolute atomic E-state index is 5.95. The van der Waals surface area contributed by atoms with Crippen molar-refractivity contribution in [3.05, 3.63) is 35.9 Å². The van der Waals surface area contributed by atoms with E-state index in [2.05, 4.69) is 35.4 Å². The van der Waals surface area contributed by atoms with Crippen molar-refractivity contribution in [1.82, 2.24) is 20.1 Å². The summed E-state index contributed by atoms with van der Waals surface area (Å²) in [6, 6.07) is 6.06. The number of ether oxygens (including phenoxy) is 2. The molecule has 0 radical (unpaired) electrons. The van der Waals surface area contributed by atoms with Crippen molar-refractivity contribution in [3.63, 3.8) is 0 Å². The minimum absolute atomic E-state index is 0.0946. The molecule has 0 aliphatic heterocycles. The average molecular weight is 318 g/mol. The van der Waals surface area contributed by atoms with Crippen LogP contribution in [0.4, 0.5) is 0 Å². The summed E-state index contributed by atoms with van der Waals surface area (Å²) >= 11 is 0. The molecule has 6 nitrogen and oxygen atoms in total. The summed E-state index contributed by atoms with van der Waals surface area (Å²) in [5.74, 6) is 2.49. The highest BCUT2D eigenvalue weighted by molar-refractivity contribution is 5.46. The molecule has 1 N–H and O–H groups in total. The molecule has 0 amide bonds. The van der Waals surface area contributed by atoms with Gasteiger partial charge < -0.3 is 19.4 Å². The molecule has 23 heavy (non-hydrogen) atoms. The van der Waals surface area contributed by atoms with E-state index in [0.717, 1.165) is 35.7 Å². The largest absolute Gasteiger partial charge is 0.493 e. The van der Waals surface area contributed by atoms with Crippen molar-refractivity contribution in [2.24, 2.45) is 7.05 Å². The average Bonchev–Trinajstić information content (AvgIpc) is 2.99. The number of aryl methyl sites for hydroxylation is 1. The van der Waals surface area contributed by atoms with Gasteiger partial charge in [0.2, 0.25) is 0 Å². The lowest BCUT2D eigenvalue weighted by Gasteiger charge is -2.17. The minimum Gasteiger partial charge on any atom is -0.493 e. The predicted octanol–water partition coefficient (Wildman–Crippen LogP) is 2.85. The molecule has 0 aliphatic rings. The van der Waals surface area contributed by atoms with Gasteiger partial charge in [-0.2, -0.15) is 0 Å². The summed E-state index contributed by atoms with van der Waals surface area (Å²) in [7, 11) is 3.61. The van der Waals surface area contributed by atoms with E-state index in [9.17, 15) is 0 Å². The fourth-order valence-corrected chi connectivity index (χ4v) is 2.38. The number of unbranched alkanes of at least 4 members (excludes halogenated alkanes) is 1. The summed E-state index contributed by atoms with van der Waals surface area (Å²) < 4.78 is 13.3. The zero-order valence-corrected chi connectivity index (χ0v) is 14.4. The summed E-state index contributed by atoms with van der Waals surface area (Å²) in [5.41, 5.74) is 1.08. The number of benzene rings is 1. The lowest BCUT2D eigenvalue weighted by atomic mass is 10.1. The van der Waals surface area contributed by atoms with Crippen molar-refractivity contribution < 1.29 is 9.47 Å². The number of hydrogen-bond donors (Lipinski definition) is 1. The standard InChI is InChI=1S/C17H26N4O2/c1-5-6-10-23-16-14(8-7-9-15(16)22-4)11-18-13(2)17-20-19-12-21(17)3/h7-9,12-13,18H,5-6,10-11H2,1-4H3/t13-/m1/s1. The first-order chi connectivity index (χ1) is 11.2. The van der Waals surface area contributed by atoms with Crippen LogP contribution in [-0.4, -0.2) is 28.5 Å². The van der Waals surface area contributed by atoms with Gasteiger partial charge in [0, 0.05) is 19.2 Å². The number of hydrogen-bond acceptors (Lipinski definition) is 5. The third kappa shape index (κ3) is 4.45. The van der Waals surface area contributed by atoms with Crippen LogP contribution in [0.25, 0.3) is 0 Å². The van der Waals surface area contributed by atoms with Crippen molar-refractivity contribution in [2.75, 3.05) is 13.7 Å². The van der Waals surface area contributed by atoms with Crippen molar-refractivity contribution >= 4 is 0 Å². The number of nitrogens with zero attached hydrogens (tertiary/aromatic N) is 3. The maximum Gasteiger partial charge on any atom is 0.165 e. The first-order valence-corrected chi connectivity index (χ1v) is 8.03. The molecule has 1 aromatic heterocycles. The van der Waals surface area contributed by atoms with E-state index in [1.807, 2.05) is 23.7 Å². The SMILES string of the molecule is CCCCOc1c(CN[C@H](C)c2nncn2C)cccc1OC. The van der Waals surface area contributed by atoms with E-state index >= 15 is 0 Å². The van der Waals surface area contributed by atoms with Crippen LogP contribution in [0.1, 0.15) is 44.1 Å². The maximum atomic E-state index is 5.95. The molecule has 2 aromatic rings.